The smallest absolute Gasteiger partial charge is 0.247 e. The van der Waals surface area contributed by atoms with Gasteiger partial charge in [-0.3, -0.25) is 0 Å². The molecule has 0 saturated carbocycles. The molecule has 0 spiro atoms. The Hall–Kier alpha value is -1.64. The first-order valence-corrected chi connectivity index (χ1v) is 9.77. The number of aromatic nitrogens is 3. The summed E-state index contributed by atoms with van der Waals surface area (Å²) in [5, 5.41) is 11.9. The van der Waals surface area contributed by atoms with E-state index in [-0.39, 0.29) is 17.5 Å². The first kappa shape index (κ1) is 17.2. The number of benzene rings is 1. The summed E-state index contributed by atoms with van der Waals surface area (Å²) in [6.45, 7) is 0. The van der Waals surface area contributed by atoms with Crippen molar-refractivity contribution in [3.63, 3.8) is 0 Å². The highest BCUT2D eigenvalue weighted by molar-refractivity contribution is 7.91. The molecule has 1 aromatic heterocycles. The van der Waals surface area contributed by atoms with Crippen molar-refractivity contribution in [3.05, 3.63) is 34.4 Å². The second-order valence-electron chi connectivity index (χ2n) is 5.56. The minimum atomic E-state index is -2.98. The molecule has 0 radical (unpaired) electrons. The van der Waals surface area contributed by atoms with E-state index in [0.29, 0.717) is 33.9 Å². The molecule has 1 fully saturated rings. The van der Waals surface area contributed by atoms with Crippen molar-refractivity contribution in [2.75, 3.05) is 28.8 Å². The van der Waals surface area contributed by atoms with Gasteiger partial charge >= 0.3 is 0 Å². The van der Waals surface area contributed by atoms with Crippen molar-refractivity contribution in [2.45, 2.75) is 12.5 Å². The Morgan fingerprint density at radius 3 is 2.75 bits per heavy atom. The highest BCUT2D eigenvalue weighted by atomic mass is 35.5. The zero-order chi connectivity index (χ0) is 17.3. The van der Waals surface area contributed by atoms with Crippen LogP contribution in [0.25, 0.3) is 0 Å². The number of anilines is 3. The molecule has 1 aromatic carbocycles. The fourth-order valence-corrected chi connectivity index (χ4v) is 4.54. The van der Waals surface area contributed by atoms with E-state index in [0.717, 1.165) is 0 Å². The molecule has 1 atom stereocenters. The fraction of sp³-hybridized carbons (Fsp3) is 0.357. The summed E-state index contributed by atoms with van der Waals surface area (Å²) >= 11 is 11.9. The molecule has 1 N–H and O–H groups in total. The Bertz CT molecular complexity index is 862. The largest absolute Gasteiger partial charge is 0.339 e. The number of rotatable bonds is 4. The highest BCUT2D eigenvalue weighted by Crippen LogP contribution is 2.27. The van der Waals surface area contributed by atoms with Gasteiger partial charge in [0.25, 0.3) is 0 Å². The third-order valence-corrected chi connectivity index (χ3v) is 6.30. The molecule has 3 rings (SSSR count). The molecule has 1 aliphatic rings. The van der Waals surface area contributed by atoms with E-state index in [9.17, 15) is 8.42 Å². The summed E-state index contributed by atoms with van der Waals surface area (Å²) in [5.74, 6) is 1.14. The molecule has 2 heterocycles. The van der Waals surface area contributed by atoms with Crippen LogP contribution in [0.4, 0.5) is 17.5 Å². The van der Waals surface area contributed by atoms with E-state index in [1.54, 1.807) is 30.1 Å². The number of hydrogen-bond acceptors (Lipinski definition) is 7. The molecule has 7 nitrogen and oxygen atoms in total. The summed E-state index contributed by atoms with van der Waals surface area (Å²) in [4.78, 5) is 6.13. The van der Waals surface area contributed by atoms with Crippen LogP contribution in [0.5, 0.6) is 0 Å². The van der Waals surface area contributed by atoms with Crippen molar-refractivity contribution in [2.24, 2.45) is 0 Å². The van der Waals surface area contributed by atoms with Crippen molar-refractivity contribution in [1.29, 1.82) is 0 Å². The van der Waals surface area contributed by atoms with E-state index in [4.69, 9.17) is 23.2 Å². The monoisotopic (exact) mass is 387 g/mol. The van der Waals surface area contributed by atoms with Gasteiger partial charge in [-0.2, -0.15) is 10.1 Å². The van der Waals surface area contributed by atoms with Gasteiger partial charge in [0.15, 0.2) is 15.7 Å². The molecular formula is C14H15Cl2N5O2S. The van der Waals surface area contributed by atoms with Crippen LogP contribution in [0.1, 0.15) is 6.42 Å². The lowest BCUT2D eigenvalue weighted by molar-refractivity contribution is 0.600. The number of nitrogens with zero attached hydrogens (tertiary/aromatic N) is 4. The third kappa shape index (κ3) is 3.88. The SMILES string of the molecule is CN(c1nncc(Nc2ccc(Cl)c(Cl)c2)n1)C1CCS(=O)(=O)C1. The van der Waals surface area contributed by atoms with E-state index in [1.165, 1.54) is 6.20 Å². The molecule has 24 heavy (non-hydrogen) atoms. The number of hydrogen-bond donors (Lipinski definition) is 1. The van der Waals surface area contributed by atoms with Gasteiger partial charge in [0.05, 0.1) is 27.7 Å². The molecule has 128 valence electrons. The molecule has 1 unspecified atom stereocenters. The number of nitrogens with one attached hydrogen (secondary N) is 1. The van der Waals surface area contributed by atoms with Crippen LogP contribution in [0, 0.1) is 0 Å². The minimum Gasteiger partial charge on any atom is -0.339 e. The maximum Gasteiger partial charge on any atom is 0.247 e. The predicted molar refractivity (Wildman–Crippen MR) is 95.0 cm³/mol. The van der Waals surface area contributed by atoms with Gasteiger partial charge in [0, 0.05) is 18.8 Å². The number of sulfone groups is 1. The number of halogens is 2. The first-order chi connectivity index (χ1) is 11.3. The summed E-state index contributed by atoms with van der Waals surface area (Å²) in [7, 11) is -1.21. The first-order valence-electron chi connectivity index (χ1n) is 7.19. The molecule has 0 bridgehead atoms. The van der Waals surface area contributed by atoms with Crippen LogP contribution >= 0.6 is 23.2 Å². The van der Waals surface area contributed by atoms with Crippen molar-refractivity contribution < 1.29 is 8.42 Å². The van der Waals surface area contributed by atoms with Gasteiger partial charge in [-0.05, 0) is 24.6 Å². The Morgan fingerprint density at radius 2 is 2.08 bits per heavy atom. The lowest BCUT2D eigenvalue weighted by Crippen LogP contribution is -2.34. The van der Waals surface area contributed by atoms with Crippen LogP contribution in [-0.4, -0.2) is 48.2 Å². The van der Waals surface area contributed by atoms with Gasteiger partial charge in [0.1, 0.15) is 0 Å². The fourth-order valence-electron chi connectivity index (χ4n) is 2.47. The van der Waals surface area contributed by atoms with Crippen LogP contribution in [0.3, 0.4) is 0 Å². The topological polar surface area (TPSA) is 88.1 Å². The minimum absolute atomic E-state index is 0.108. The Labute approximate surface area is 149 Å². The predicted octanol–water partition coefficient (Wildman–Crippen LogP) is 2.55. The van der Waals surface area contributed by atoms with Crippen LogP contribution < -0.4 is 10.2 Å². The van der Waals surface area contributed by atoms with E-state index in [2.05, 4.69) is 20.5 Å². The van der Waals surface area contributed by atoms with E-state index < -0.39 is 9.84 Å². The van der Waals surface area contributed by atoms with Gasteiger partial charge < -0.3 is 10.2 Å². The summed E-state index contributed by atoms with van der Waals surface area (Å²) in [6.07, 6.45) is 2.04. The summed E-state index contributed by atoms with van der Waals surface area (Å²) < 4.78 is 23.3. The maximum atomic E-state index is 11.6. The van der Waals surface area contributed by atoms with Crippen LogP contribution in [-0.2, 0) is 9.84 Å². The Morgan fingerprint density at radius 1 is 1.29 bits per heavy atom. The third-order valence-electron chi connectivity index (χ3n) is 3.81. The van der Waals surface area contributed by atoms with Gasteiger partial charge in [-0.25, -0.2) is 8.42 Å². The van der Waals surface area contributed by atoms with Crippen molar-refractivity contribution >= 4 is 50.5 Å². The molecule has 1 saturated heterocycles. The van der Waals surface area contributed by atoms with Gasteiger partial charge in [-0.15, -0.1) is 5.10 Å². The lowest BCUT2D eigenvalue weighted by atomic mass is 10.2. The maximum absolute atomic E-state index is 11.6. The molecule has 2 aromatic rings. The Balaban J connectivity index is 1.77. The second-order valence-corrected chi connectivity index (χ2v) is 8.61. The molecule has 10 heteroatoms. The standard InChI is InChI=1S/C14H15Cl2N5O2S/c1-21(10-4-5-24(22,23)8-10)14-19-13(7-17-20-14)18-9-2-3-11(15)12(16)6-9/h2-3,6-7,10H,4-5,8H2,1H3,(H,18,19,20). The van der Waals surface area contributed by atoms with Gasteiger partial charge in [-0.1, -0.05) is 23.2 Å². The van der Waals surface area contributed by atoms with Gasteiger partial charge in [0.2, 0.25) is 5.95 Å². The van der Waals surface area contributed by atoms with E-state index >= 15 is 0 Å². The average molecular weight is 388 g/mol. The average Bonchev–Trinajstić information content (AvgIpc) is 2.90. The quantitative estimate of drug-likeness (QED) is 0.861. The van der Waals surface area contributed by atoms with Crippen LogP contribution in [0.2, 0.25) is 10.0 Å². The second kappa shape index (κ2) is 6.70. The lowest BCUT2D eigenvalue weighted by Gasteiger charge is -2.22. The van der Waals surface area contributed by atoms with Crippen LogP contribution in [0.15, 0.2) is 24.4 Å². The molecular weight excluding hydrogens is 373 g/mol. The van der Waals surface area contributed by atoms with E-state index in [1.807, 2.05) is 0 Å². The molecule has 0 amide bonds. The highest BCUT2D eigenvalue weighted by Gasteiger charge is 2.31. The summed E-state index contributed by atoms with van der Waals surface area (Å²) in [6, 6.07) is 4.98. The van der Waals surface area contributed by atoms with Crippen molar-refractivity contribution in [1.82, 2.24) is 15.2 Å². The molecule has 0 aliphatic carbocycles. The summed E-state index contributed by atoms with van der Waals surface area (Å²) in [5.41, 5.74) is 0.710. The Kier molecular flexibility index (Phi) is 4.80. The zero-order valence-electron chi connectivity index (χ0n) is 12.8. The molecule has 1 aliphatic heterocycles. The van der Waals surface area contributed by atoms with Crippen molar-refractivity contribution in [3.8, 4) is 0 Å². The zero-order valence-corrected chi connectivity index (χ0v) is 15.1. The normalized spacial score (nSPS) is 19.2.